The zero-order valence-corrected chi connectivity index (χ0v) is 11.2. The van der Waals surface area contributed by atoms with Crippen molar-refractivity contribution in [3.05, 3.63) is 34.3 Å². The van der Waals surface area contributed by atoms with Gasteiger partial charge in [-0.3, -0.25) is 4.79 Å². The van der Waals surface area contributed by atoms with Gasteiger partial charge in [0.1, 0.15) is 0 Å². The van der Waals surface area contributed by atoms with E-state index >= 15 is 0 Å². The van der Waals surface area contributed by atoms with Gasteiger partial charge in [0, 0.05) is 13.2 Å². The fourth-order valence-electron chi connectivity index (χ4n) is 1.46. The van der Waals surface area contributed by atoms with Gasteiger partial charge in [-0.25, -0.2) is 9.67 Å². The number of nitrogens with two attached hydrogens (primary N) is 1. The summed E-state index contributed by atoms with van der Waals surface area (Å²) in [6.45, 7) is 0.454. The number of nitrogens with one attached hydrogen (secondary N) is 1. The fraction of sp³-hybridized carbons (Fsp3) is 0.200. The Balaban J connectivity index is 2.18. The number of primary amides is 1. The number of hydrogen-bond acceptors (Lipinski definition) is 5. The average Bonchev–Trinajstić information content (AvgIpc) is 2.67. The molecule has 0 aromatic carbocycles. The molecule has 0 aliphatic rings. The number of carbonyl (C=O) groups excluding carboxylic acids is 1. The van der Waals surface area contributed by atoms with Crippen molar-refractivity contribution in [1.29, 1.82) is 0 Å². The Hall–Kier alpha value is -1.96. The lowest BCUT2D eigenvalue weighted by molar-refractivity contribution is 0.0996. The minimum atomic E-state index is -0.569. The van der Waals surface area contributed by atoms with Crippen LogP contribution in [0.25, 0.3) is 0 Å². The lowest BCUT2D eigenvalue weighted by atomic mass is 10.2. The number of hydrogen-bond donors (Lipinski definition) is 2. The van der Waals surface area contributed by atoms with E-state index in [1.54, 1.807) is 23.9 Å². The van der Waals surface area contributed by atoms with Crippen LogP contribution in [-0.2, 0) is 13.6 Å². The third-order valence-electron chi connectivity index (χ3n) is 2.38. The smallest absolute Gasteiger partial charge is 0.269 e. The molecule has 18 heavy (non-hydrogen) atoms. The third kappa shape index (κ3) is 2.48. The zero-order chi connectivity index (χ0) is 13.1. The Bertz CT molecular complexity index is 562. The second kappa shape index (κ2) is 5.13. The topological polar surface area (TPSA) is 98.7 Å². The maximum absolute atomic E-state index is 11.2. The molecule has 8 heteroatoms. The molecule has 0 spiro atoms. The normalized spacial score (nSPS) is 10.3. The summed E-state index contributed by atoms with van der Waals surface area (Å²) >= 11 is 3.30. The molecule has 0 radical (unpaired) electrons. The first-order valence-corrected chi connectivity index (χ1v) is 5.91. The third-order valence-corrected chi connectivity index (χ3v) is 3.00. The van der Waals surface area contributed by atoms with E-state index in [0.717, 1.165) is 5.69 Å². The zero-order valence-electron chi connectivity index (χ0n) is 9.59. The molecule has 0 atom stereocenters. The molecule has 2 heterocycles. The van der Waals surface area contributed by atoms with Crippen LogP contribution in [0.4, 0.5) is 5.69 Å². The molecule has 0 saturated carbocycles. The van der Waals surface area contributed by atoms with E-state index in [0.29, 0.717) is 16.8 Å². The quantitative estimate of drug-likeness (QED) is 0.865. The van der Waals surface area contributed by atoms with Gasteiger partial charge < -0.3 is 11.1 Å². The molecule has 94 valence electrons. The van der Waals surface area contributed by atoms with Crippen molar-refractivity contribution >= 4 is 27.5 Å². The Kier molecular flexibility index (Phi) is 3.56. The van der Waals surface area contributed by atoms with Crippen molar-refractivity contribution in [1.82, 2.24) is 20.0 Å². The van der Waals surface area contributed by atoms with Crippen LogP contribution in [-0.4, -0.2) is 25.9 Å². The van der Waals surface area contributed by atoms with Gasteiger partial charge in [-0.15, -0.1) is 5.10 Å². The number of amides is 1. The summed E-state index contributed by atoms with van der Waals surface area (Å²) in [6, 6.07) is 3.47. The summed E-state index contributed by atoms with van der Waals surface area (Å²) in [4.78, 5) is 15.1. The molecule has 0 saturated heterocycles. The van der Waals surface area contributed by atoms with Crippen LogP contribution in [0.2, 0.25) is 0 Å². The monoisotopic (exact) mass is 310 g/mol. The second-order valence-corrected chi connectivity index (χ2v) is 4.32. The van der Waals surface area contributed by atoms with E-state index in [2.05, 4.69) is 36.5 Å². The average molecular weight is 311 g/mol. The Labute approximate surface area is 112 Å². The standard InChI is InChI=1S/C10H11BrN6O/c1-17-7(9(11)15-16-17)5-14-6-3-2-4-13-8(6)10(12)18/h2-4,14H,5H2,1H3,(H2,12,18). The predicted octanol–water partition coefficient (Wildman–Crippen LogP) is 0.684. The first-order valence-electron chi connectivity index (χ1n) is 5.12. The summed E-state index contributed by atoms with van der Waals surface area (Å²) in [5.74, 6) is -0.569. The van der Waals surface area contributed by atoms with Crippen LogP contribution in [0.5, 0.6) is 0 Å². The number of aromatic nitrogens is 4. The second-order valence-electron chi connectivity index (χ2n) is 3.57. The number of aryl methyl sites for hydroxylation is 1. The Morgan fingerprint density at radius 1 is 1.61 bits per heavy atom. The SMILES string of the molecule is Cn1nnc(Br)c1CNc1cccnc1C(N)=O. The van der Waals surface area contributed by atoms with Gasteiger partial charge in [0.05, 0.1) is 17.9 Å². The first-order chi connectivity index (χ1) is 8.59. The van der Waals surface area contributed by atoms with E-state index in [9.17, 15) is 4.79 Å². The summed E-state index contributed by atoms with van der Waals surface area (Å²) in [6.07, 6.45) is 1.52. The van der Waals surface area contributed by atoms with Crippen molar-refractivity contribution in [2.75, 3.05) is 5.32 Å². The minimum absolute atomic E-state index is 0.212. The largest absolute Gasteiger partial charge is 0.377 e. The van der Waals surface area contributed by atoms with Gasteiger partial charge in [-0.05, 0) is 28.1 Å². The highest BCUT2D eigenvalue weighted by atomic mass is 79.9. The molecule has 2 rings (SSSR count). The molecule has 0 fully saturated rings. The van der Waals surface area contributed by atoms with E-state index in [4.69, 9.17) is 5.73 Å². The predicted molar refractivity (Wildman–Crippen MR) is 68.8 cm³/mol. The van der Waals surface area contributed by atoms with Crippen molar-refractivity contribution in [3.63, 3.8) is 0 Å². The molecule has 0 unspecified atom stereocenters. The lowest BCUT2D eigenvalue weighted by Crippen LogP contribution is -2.16. The number of anilines is 1. The molecule has 0 aliphatic heterocycles. The highest BCUT2D eigenvalue weighted by Crippen LogP contribution is 2.16. The number of rotatable bonds is 4. The molecule has 2 aromatic rings. The van der Waals surface area contributed by atoms with Gasteiger partial charge >= 0.3 is 0 Å². The molecular weight excluding hydrogens is 300 g/mol. The Morgan fingerprint density at radius 2 is 2.39 bits per heavy atom. The highest BCUT2D eigenvalue weighted by molar-refractivity contribution is 9.10. The molecule has 0 aliphatic carbocycles. The van der Waals surface area contributed by atoms with Crippen LogP contribution in [0.3, 0.4) is 0 Å². The van der Waals surface area contributed by atoms with Crippen LogP contribution >= 0.6 is 15.9 Å². The van der Waals surface area contributed by atoms with Crippen molar-refractivity contribution < 1.29 is 4.79 Å². The first kappa shape index (κ1) is 12.5. The van der Waals surface area contributed by atoms with Crippen LogP contribution in [0.1, 0.15) is 16.2 Å². The van der Waals surface area contributed by atoms with Gasteiger partial charge in [0.2, 0.25) is 0 Å². The molecule has 3 N–H and O–H groups in total. The van der Waals surface area contributed by atoms with E-state index in [-0.39, 0.29) is 5.69 Å². The summed E-state index contributed by atoms with van der Waals surface area (Å²) in [7, 11) is 1.78. The van der Waals surface area contributed by atoms with Crippen molar-refractivity contribution in [2.24, 2.45) is 12.8 Å². The van der Waals surface area contributed by atoms with Gasteiger partial charge in [-0.2, -0.15) is 0 Å². The summed E-state index contributed by atoms with van der Waals surface area (Å²) < 4.78 is 2.29. The molecule has 1 amide bonds. The maximum Gasteiger partial charge on any atom is 0.269 e. The van der Waals surface area contributed by atoms with Crippen LogP contribution < -0.4 is 11.1 Å². The minimum Gasteiger partial charge on any atom is -0.377 e. The number of carbonyl (C=O) groups is 1. The molecular formula is C10H11BrN6O. The number of nitrogens with zero attached hydrogens (tertiary/aromatic N) is 4. The van der Waals surface area contributed by atoms with E-state index < -0.39 is 5.91 Å². The van der Waals surface area contributed by atoms with E-state index in [1.165, 1.54) is 6.20 Å². The van der Waals surface area contributed by atoms with Gasteiger partial charge in [-0.1, -0.05) is 5.21 Å². The van der Waals surface area contributed by atoms with Crippen LogP contribution in [0, 0.1) is 0 Å². The fourth-order valence-corrected chi connectivity index (χ4v) is 1.93. The molecule has 2 aromatic heterocycles. The van der Waals surface area contributed by atoms with E-state index in [1.807, 2.05) is 0 Å². The maximum atomic E-state index is 11.2. The Morgan fingerprint density at radius 3 is 3.00 bits per heavy atom. The lowest BCUT2D eigenvalue weighted by Gasteiger charge is -2.08. The molecule has 0 bridgehead atoms. The van der Waals surface area contributed by atoms with Crippen LogP contribution in [0.15, 0.2) is 22.9 Å². The van der Waals surface area contributed by atoms with Crippen molar-refractivity contribution in [2.45, 2.75) is 6.54 Å². The summed E-state index contributed by atoms with van der Waals surface area (Å²) in [5.41, 5.74) is 6.89. The van der Waals surface area contributed by atoms with Gasteiger partial charge in [0.15, 0.2) is 10.3 Å². The molecule has 7 nitrogen and oxygen atoms in total. The summed E-state index contributed by atoms with van der Waals surface area (Å²) in [5, 5.41) is 10.8. The number of halogens is 1. The van der Waals surface area contributed by atoms with Gasteiger partial charge in [0.25, 0.3) is 5.91 Å². The highest BCUT2D eigenvalue weighted by Gasteiger charge is 2.11. The number of pyridine rings is 1. The van der Waals surface area contributed by atoms with Crippen molar-refractivity contribution in [3.8, 4) is 0 Å².